The van der Waals surface area contributed by atoms with Gasteiger partial charge in [0.1, 0.15) is 17.5 Å². The fourth-order valence-corrected chi connectivity index (χ4v) is 2.19. The molecule has 0 atom stereocenters. The molecule has 1 heterocycles. The SMILES string of the molecule is CCCNc1cc(N(CCCO)C(C)C)nc(CCC)n1. The fraction of sp³-hybridized carbons (Fsp3) is 0.750. The van der Waals surface area contributed by atoms with Gasteiger partial charge in [0.05, 0.1) is 0 Å². The number of nitrogens with one attached hydrogen (secondary N) is 1. The van der Waals surface area contributed by atoms with Gasteiger partial charge >= 0.3 is 0 Å². The van der Waals surface area contributed by atoms with Crippen LogP contribution in [-0.4, -0.2) is 40.8 Å². The molecule has 0 saturated heterocycles. The maximum atomic E-state index is 9.08. The van der Waals surface area contributed by atoms with E-state index in [0.29, 0.717) is 6.04 Å². The normalized spacial score (nSPS) is 11.0. The van der Waals surface area contributed by atoms with E-state index in [1.807, 2.05) is 6.07 Å². The summed E-state index contributed by atoms with van der Waals surface area (Å²) in [5.74, 6) is 2.75. The Bertz CT molecular complexity index is 409. The van der Waals surface area contributed by atoms with Crippen LogP contribution in [0, 0.1) is 0 Å². The van der Waals surface area contributed by atoms with Crippen molar-refractivity contribution in [2.75, 3.05) is 29.9 Å². The topological polar surface area (TPSA) is 61.3 Å². The second-order valence-electron chi connectivity index (χ2n) is 5.57. The number of nitrogens with zero attached hydrogens (tertiary/aromatic N) is 3. The van der Waals surface area contributed by atoms with E-state index >= 15 is 0 Å². The van der Waals surface area contributed by atoms with Crippen LogP contribution in [0.25, 0.3) is 0 Å². The van der Waals surface area contributed by atoms with Crippen molar-refractivity contribution in [3.05, 3.63) is 11.9 Å². The van der Waals surface area contributed by atoms with Crippen molar-refractivity contribution in [2.24, 2.45) is 0 Å². The van der Waals surface area contributed by atoms with Crippen LogP contribution < -0.4 is 10.2 Å². The highest BCUT2D eigenvalue weighted by atomic mass is 16.3. The molecular formula is C16H30N4O. The number of hydrogen-bond donors (Lipinski definition) is 2. The molecular weight excluding hydrogens is 264 g/mol. The van der Waals surface area contributed by atoms with Crippen molar-refractivity contribution >= 4 is 11.6 Å². The summed E-state index contributed by atoms with van der Waals surface area (Å²) < 4.78 is 0. The largest absolute Gasteiger partial charge is 0.396 e. The van der Waals surface area contributed by atoms with E-state index < -0.39 is 0 Å². The third-order valence-corrected chi connectivity index (χ3v) is 3.26. The van der Waals surface area contributed by atoms with Crippen LogP contribution in [0.15, 0.2) is 6.07 Å². The van der Waals surface area contributed by atoms with Crippen LogP contribution in [0.1, 0.15) is 52.8 Å². The van der Waals surface area contributed by atoms with Crippen molar-refractivity contribution in [3.8, 4) is 0 Å². The Morgan fingerprint density at radius 1 is 1.24 bits per heavy atom. The molecule has 0 aromatic carbocycles. The zero-order chi connectivity index (χ0) is 15.7. The number of aromatic nitrogens is 2. The van der Waals surface area contributed by atoms with Gasteiger partial charge in [-0.05, 0) is 33.1 Å². The summed E-state index contributed by atoms with van der Waals surface area (Å²) in [6, 6.07) is 2.37. The molecule has 0 unspecified atom stereocenters. The van der Waals surface area contributed by atoms with Crippen molar-refractivity contribution < 1.29 is 5.11 Å². The molecule has 120 valence electrons. The number of aryl methyl sites for hydroxylation is 1. The van der Waals surface area contributed by atoms with Crippen LogP contribution in [0.5, 0.6) is 0 Å². The summed E-state index contributed by atoms with van der Waals surface area (Å²) in [7, 11) is 0. The van der Waals surface area contributed by atoms with E-state index in [4.69, 9.17) is 10.1 Å². The average molecular weight is 294 g/mol. The van der Waals surface area contributed by atoms with Crippen molar-refractivity contribution in [1.29, 1.82) is 0 Å². The number of rotatable bonds is 10. The van der Waals surface area contributed by atoms with Crippen LogP contribution >= 0.6 is 0 Å². The first-order valence-electron chi connectivity index (χ1n) is 8.11. The number of anilines is 2. The van der Waals surface area contributed by atoms with E-state index in [0.717, 1.165) is 56.2 Å². The number of hydrogen-bond acceptors (Lipinski definition) is 5. The standard InChI is InChI=1S/C16H30N4O/c1-5-8-14-18-15(17-9-6-2)12-16(19-14)20(13(3)4)10-7-11-21/h12-13,21H,5-11H2,1-4H3,(H,17,18,19). The lowest BCUT2D eigenvalue weighted by Gasteiger charge is -2.28. The van der Waals surface area contributed by atoms with Crippen LogP contribution in [0.2, 0.25) is 0 Å². The Labute approximate surface area is 128 Å². The molecule has 5 heteroatoms. The van der Waals surface area contributed by atoms with E-state index in [1.54, 1.807) is 0 Å². The Morgan fingerprint density at radius 3 is 2.57 bits per heavy atom. The highest BCUT2D eigenvalue weighted by Gasteiger charge is 2.14. The molecule has 0 spiro atoms. The Balaban J connectivity index is 3.02. The minimum Gasteiger partial charge on any atom is -0.396 e. The van der Waals surface area contributed by atoms with Gasteiger partial charge in [-0.15, -0.1) is 0 Å². The first-order valence-corrected chi connectivity index (χ1v) is 8.11. The van der Waals surface area contributed by atoms with E-state index in [2.05, 4.69) is 42.9 Å². The quantitative estimate of drug-likeness (QED) is 0.695. The summed E-state index contributed by atoms with van der Waals surface area (Å²) in [5.41, 5.74) is 0. The van der Waals surface area contributed by atoms with E-state index in [1.165, 1.54) is 0 Å². The molecule has 1 aromatic heterocycles. The molecule has 2 N–H and O–H groups in total. The van der Waals surface area contributed by atoms with E-state index in [-0.39, 0.29) is 6.61 Å². The maximum absolute atomic E-state index is 9.08. The van der Waals surface area contributed by atoms with Gasteiger partial charge in [0.25, 0.3) is 0 Å². The minimum absolute atomic E-state index is 0.205. The molecule has 5 nitrogen and oxygen atoms in total. The van der Waals surface area contributed by atoms with Crippen LogP contribution in [0.3, 0.4) is 0 Å². The summed E-state index contributed by atoms with van der Waals surface area (Å²) in [5, 5.41) is 12.4. The summed E-state index contributed by atoms with van der Waals surface area (Å²) in [4.78, 5) is 11.5. The Kier molecular flexibility index (Phi) is 8.05. The van der Waals surface area contributed by atoms with Gasteiger partial charge in [-0.3, -0.25) is 0 Å². The molecule has 1 rings (SSSR count). The second-order valence-corrected chi connectivity index (χ2v) is 5.57. The Hall–Kier alpha value is -1.36. The highest BCUT2D eigenvalue weighted by molar-refractivity contribution is 5.50. The predicted molar refractivity (Wildman–Crippen MR) is 89.0 cm³/mol. The average Bonchev–Trinajstić information content (AvgIpc) is 2.45. The third-order valence-electron chi connectivity index (χ3n) is 3.26. The number of aliphatic hydroxyl groups excluding tert-OH is 1. The lowest BCUT2D eigenvalue weighted by Crippen LogP contribution is -2.33. The molecule has 0 aliphatic heterocycles. The van der Waals surface area contributed by atoms with Gasteiger partial charge in [0, 0.05) is 38.2 Å². The summed E-state index contributed by atoms with van der Waals surface area (Å²) in [6.07, 6.45) is 3.75. The molecule has 0 aliphatic rings. The zero-order valence-corrected chi connectivity index (χ0v) is 13.9. The van der Waals surface area contributed by atoms with Gasteiger partial charge in [-0.2, -0.15) is 0 Å². The first-order chi connectivity index (χ1) is 10.1. The minimum atomic E-state index is 0.205. The maximum Gasteiger partial charge on any atom is 0.134 e. The second kappa shape index (κ2) is 9.55. The van der Waals surface area contributed by atoms with Gasteiger partial charge in [-0.25, -0.2) is 9.97 Å². The molecule has 0 bridgehead atoms. The molecule has 0 aliphatic carbocycles. The molecule has 1 aromatic rings. The third kappa shape index (κ3) is 5.87. The zero-order valence-electron chi connectivity index (χ0n) is 13.9. The molecule has 0 radical (unpaired) electrons. The lowest BCUT2D eigenvalue weighted by molar-refractivity contribution is 0.288. The molecule has 0 saturated carbocycles. The first kappa shape index (κ1) is 17.7. The predicted octanol–water partition coefficient (Wildman–Crippen LogP) is 2.85. The van der Waals surface area contributed by atoms with Gasteiger partial charge in [0.15, 0.2) is 0 Å². The van der Waals surface area contributed by atoms with Gasteiger partial charge in [0.2, 0.25) is 0 Å². The van der Waals surface area contributed by atoms with Crippen molar-refractivity contribution in [1.82, 2.24) is 9.97 Å². The number of aliphatic hydroxyl groups is 1. The Morgan fingerprint density at radius 2 is 2.00 bits per heavy atom. The molecule has 21 heavy (non-hydrogen) atoms. The monoisotopic (exact) mass is 294 g/mol. The van der Waals surface area contributed by atoms with Crippen LogP contribution in [-0.2, 0) is 6.42 Å². The molecule has 0 fully saturated rings. The highest BCUT2D eigenvalue weighted by Crippen LogP contribution is 2.19. The van der Waals surface area contributed by atoms with Crippen molar-refractivity contribution in [3.63, 3.8) is 0 Å². The smallest absolute Gasteiger partial charge is 0.134 e. The van der Waals surface area contributed by atoms with Crippen LogP contribution in [0.4, 0.5) is 11.6 Å². The molecule has 0 amide bonds. The van der Waals surface area contributed by atoms with Crippen molar-refractivity contribution in [2.45, 2.75) is 59.4 Å². The van der Waals surface area contributed by atoms with Gasteiger partial charge < -0.3 is 15.3 Å². The van der Waals surface area contributed by atoms with Gasteiger partial charge in [-0.1, -0.05) is 13.8 Å². The summed E-state index contributed by atoms with van der Waals surface area (Å²) in [6.45, 7) is 10.5. The van der Waals surface area contributed by atoms with E-state index in [9.17, 15) is 0 Å². The lowest BCUT2D eigenvalue weighted by atomic mass is 10.2. The summed E-state index contributed by atoms with van der Waals surface area (Å²) >= 11 is 0. The fourth-order valence-electron chi connectivity index (χ4n) is 2.19.